The molecule has 0 saturated carbocycles. The molecule has 0 amide bonds. The average molecular weight is 337 g/mol. The number of rotatable bonds is 9. The first kappa shape index (κ1) is 17.3. The highest BCUT2D eigenvalue weighted by atomic mass is 32.1. The van der Waals surface area contributed by atoms with Crippen LogP contribution in [0.4, 0.5) is 0 Å². The second kappa shape index (κ2) is 9.19. The minimum absolute atomic E-state index is 0.327. The van der Waals surface area contributed by atoms with E-state index in [2.05, 4.69) is 9.97 Å². The van der Waals surface area contributed by atoms with Gasteiger partial charge in [-0.15, -0.1) is 11.3 Å². The highest BCUT2D eigenvalue weighted by Gasteiger charge is 2.13. The summed E-state index contributed by atoms with van der Waals surface area (Å²) in [6, 6.07) is 3.58. The van der Waals surface area contributed by atoms with Crippen LogP contribution in [-0.4, -0.2) is 48.9 Å². The molecule has 2 heterocycles. The van der Waals surface area contributed by atoms with Crippen molar-refractivity contribution in [3.05, 3.63) is 28.7 Å². The zero-order chi connectivity index (χ0) is 16.5. The Kier molecular flexibility index (Phi) is 6.92. The van der Waals surface area contributed by atoms with Crippen LogP contribution in [0.1, 0.15) is 16.7 Å². The third-order valence-electron chi connectivity index (χ3n) is 2.72. The molecule has 0 atom stereocenters. The largest absolute Gasteiger partial charge is 0.475 e. The number of ether oxygens (including phenoxy) is 3. The lowest BCUT2D eigenvalue weighted by Gasteiger charge is -2.06. The third-order valence-corrected chi connectivity index (χ3v) is 3.55. The van der Waals surface area contributed by atoms with Crippen molar-refractivity contribution in [2.24, 2.45) is 5.73 Å². The van der Waals surface area contributed by atoms with E-state index in [0.717, 1.165) is 5.56 Å². The van der Waals surface area contributed by atoms with Crippen molar-refractivity contribution in [2.45, 2.75) is 6.92 Å². The number of pyridine rings is 1. The van der Waals surface area contributed by atoms with Crippen LogP contribution in [0, 0.1) is 0 Å². The number of thiazole rings is 1. The van der Waals surface area contributed by atoms with Gasteiger partial charge in [-0.1, -0.05) is 0 Å². The molecule has 0 radical (unpaired) electrons. The van der Waals surface area contributed by atoms with Crippen molar-refractivity contribution >= 4 is 17.3 Å². The summed E-state index contributed by atoms with van der Waals surface area (Å²) in [5.41, 5.74) is 6.84. The molecule has 0 unspecified atom stereocenters. The molecule has 0 aromatic carbocycles. The van der Waals surface area contributed by atoms with Crippen LogP contribution in [0.2, 0.25) is 0 Å². The van der Waals surface area contributed by atoms with Gasteiger partial charge in [0, 0.05) is 29.8 Å². The van der Waals surface area contributed by atoms with Crippen LogP contribution in [0.5, 0.6) is 5.88 Å². The molecule has 7 nitrogen and oxygen atoms in total. The Hall–Kier alpha value is -2.03. The monoisotopic (exact) mass is 337 g/mol. The Morgan fingerprint density at radius 3 is 3.00 bits per heavy atom. The van der Waals surface area contributed by atoms with Gasteiger partial charge in [-0.25, -0.2) is 14.8 Å². The van der Waals surface area contributed by atoms with Gasteiger partial charge in [-0.2, -0.15) is 0 Å². The lowest BCUT2D eigenvalue weighted by Crippen LogP contribution is -2.13. The fraction of sp³-hybridized carbons (Fsp3) is 0.400. The SMILES string of the molecule is CCOC(=O)c1nc(-c2ccnc(OCCOCCN)c2)cs1. The molecule has 2 aromatic rings. The number of nitrogens with zero attached hydrogens (tertiary/aromatic N) is 2. The molecule has 2 N–H and O–H groups in total. The molecule has 2 aromatic heterocycles. The summed E-state index contributed by atoms with van der Waals surface area (Å²) in [5, 5.41) is 2.13. The van der Waals surface area contributed by atoms with E-state index < -0.39 is 5.97 Å². The number of hydrogen-bond acceptors (Lipinski definition) is 8. The maximum Gasteiger partial charge on any atom is 0.367 e. The second-order valence-electron chi connectivity index (χ2n) is 4.39. The van der Waals surface area contributed by atoms with E-state index in [0.29, 0.717) is 49.6 Å². The Bertz CT molecular complexity index is 633. The van der Waals surface area contributed by atoms with Crippen molar-refractivity contribution in [3.8, 4) is 17.1 Å². The predicted molar refractivity (Wildman–Crippen MR) is 86.7 cm³/mol. The standard InChI is InChI=1S/C15H19N3O4S/c1-2-21-15(19)14-18-12(10-23-14)11-3-5-17-13(9-11)22-8-7-20-6-4-16/h3,5,9-10H,2,4,6-8,16H2,1H3. The highest BCUT2D eigenvalue weighted by Crippen LogP contribution is 2.24. The van der Waals surface area contributed by atoms with Crippen LogP contribution in [0.3, 0.4) is 0 Å². The molecule has 2 rings (SSSR count). The number of carbonyl (C=O) groups excluding carboxylic acids is 1. The zero-order valence-corrected chi connectivity index (χ0v) is 13.7. The number of carbonyl (C=O) groups is 1. The molecule has 124 valence electrons. The smallest absolute Gasteiger partial charge is 0.367 e. The van der Waals surface area contributed by atoms with E-state index in [1.807, 2.05) is 6.07 Å². The summed E-state index contributed by atoms with van der Waals surface area (Å²) in [7, 11) is 0. The van der Waals surface area contributed by atoms with Crippen molar-refractivity contribution < 1.29 is 19.0 Å². The average Bonchev–Trinajstić information content (AvgIpc) is 3.05. The molecule has 0 spiro atoms. The number of esters is 1. The molecule has 8 heteroatoms. The van der Waals surface area contributed by atoms with Gasteiger partial charge >= 0.3 is 5.97 Å². The summed E-state index contributed by atoms with van der Waals surface area (Å²) >= 11 is 1.25. The maximum absolute atomic E-state index is 11.6. The first-order chi connectivity index (χ1) is 11.2. The van der Waals surface area contributed by atoms with Crippen LogP contribution < -0.4 is 10.5 Å². The van der Waals surface area contributed by atoms with Gasteiger partial charge in [-0.3, -0.25) is 0 Å². The maximum atomic E-state index is 11.6. The van der Waals surface area contributed by atoms with Crippen LogP contribution in [0.15, 0.2) is 23.7 Å². The molecular formula is C15H19N3O4S. The first-order valence-corrected chi connectivity index (χ1v) is 8.12. The van der Waals surface area contributed by atoms with Gasteiger partial charge in [0.1, 0.15) is 6.61 Å². The number of nitrogens with two attached hydrogens (primary N) is 1. The Balaban J connectivity index is 1.98. The number of aromatic nitrogens is 2. The van der Waals surface area contributed by atoms with Crippen LogP contribution in [0.25, 0.3) is 11.3 Å². The van der Waals surface area contributed by atoms with E-state index >= 15 is 0 Å². The van der Waals surface area contributed by atoms with E-state index in [4.69, 9.17) is 19.9 Å². The minimum Gasteiger partial charge on any atom is -0.475 e. The molecule has 23 heavy (non-hydrogen) atoms. The fourth-order valence-corrected chi connectivity index (χ4v) is 2.45. The van der Waals surface area contributed by atoms with Gasteiger partial charge in [0.05, 0.1) is 25.5 Å². The first-order valence-electron chi connectivity index (χ1n) is 7.24. The van der Waals surface area contributed by atoms with Gasteiger partial charge in [0.15, 0.2) is 0 Å². The van der Waals surface area contributed by atoms with Crippen molar-refractivity contribution in [2.75, 3.05) is 33.0 Å². The molecule has 0 saturated heterocycles. The summed E-state index contributed by atoms with van der Waals surface area (Å²) in [5.74, 6) is 0.0656. The predicted octanol–water partition coefficient (Wildman–Crippen LogP) is 1.74. The summed E-state index contributed by atoms with van der Waals surface area (Å²) in [6.07, 6.45) is 1.63. The van der Waals surface area contributed by atoms with Gasteiger partial charge in [0.25, 0.3) is 0 Å². The van der Waals surface area contributed by atoms with Gasteiger partial charge < -0.3 is 19.9 Å². The molecule has 0 aliphatic carbocycles. The van der Waals surface area contributed by atoms with E-state index in [1.165, 1.54) is 11.3 Å². The minimum atomic E-state index is -0.411. The van der Waals surface area contributed by atoms with E-state index in [-0.39, 0.29) is 0 Å². The fourth-order valence-electron chi connectivity index (χ4n) is 1.73. The third kappa shape index (κ3) is 5.27. The lowest BCUT2D eigenvalue weighted by atomic mass is 10.2. The molecule has 0 aliphatic rings. The van der Waals surface area contributed by atoms with Gasteiger partial charge in [0.2, 0.25) is 10.9 Å². The van der Waals surface area contributed by atoms with Gasteiger partial charge in [-0.05, 0) is 13.0 Å². The Labute approximate surface area is 138 Å². The Morgan fingerprint density at radius 1 is 1.35 bits per heavy atom. The van der Waals surface area contributed by atoms with Crippen LogP contribution in [-0.2, 0) is 9.47 Å². The highest BCUT2D eigenvalue weighted by molar-refractivity contribution is 7.11. The van der Waals surface area contributed by atoms with E-state index in [1.54, 1.807) is 24.6 Å². The lowest BCUT2D eigenvalue weighted by molar-refractivity contribution is 0.0526. The van der Waals surface area contributed by atoms with Crippen LogP contribution >= 0.6 is 11.3 Å². The quantitative estimate of drug-likeness (QED) is 0.550. The van der Waals surface area contributed by atoms with Crippen molar-refractivity contribution in [1.82, 2.24) is 9.97 Å². The van der Waals surface area contributed by atoms with Crippen molar-refractivity contribution in [3.63, 3.8) is 0 Å². The van der Waals surface area contributed by atoms with E-state index in [9.17, 15) is 4.79 Å². The molecule has 0 aliphatic heterocycles. The zero-order valence-electron chi connectivity index (χ0n) is 12.9. The summed E-state index contributed by atoms with van der Waals surface area (Å²) in [4.78, 5) is 20.1. The molecule has 0 fully saturated rings. The van der Waals surface area contributed by atoms with Crippen molar-refractivity contribution in [1.29, 1.82) is 0 Å². The topological polar surface area (TPSA) is 96.6 Å². The Morgan fingerprint density at radius 2 is 2.22 bits per heavy atom. The molecule has 0 bridgehead atoms. The summed E-state index contributed by atoms with van der Waals surface area (Å²) in [6.45, 7) is 3.92. The normalized spacial score (nSPS) is 10.5. The molecular weight excluding hydrogens is 318 g/mol. The number of hydrogen-bond donors (Lipinski definition) is 1. The summed E-state index contributed by atoms with van der Waals surface area (Å²) < 4.78 is 15.7. The second-order valence-corrected chi connectivity index (χ2v) is 5.25.